The third-order valence-electron chi connectivity index (χ3n) is 2.60. The normalized spacial score (nSPS) is 12.0. The average molecular weight is 182 g/mol. The first-order chi connectivity index (χ1) is 5.98. The Morgan fingerprint density at radius 2 is 1.62 bits per heavy atom. The van der Waals surface area contributed by atoms with Gasteiger partial charge in [0.25, 0.3) is 0 Å². The van der Waals surface area contributed by atoms with E-state index < -0.39 is 5.41 Å². The Hall–Kier alpha value is -0.920. The standard InChI is InChI=1S/C11H18O2/c1-5-11(6-2,10(4)13)8-7-9(3)12/h7-8H,5-6H2,1-4H3/b8-7+. The molecular formula is C11H18O2. The lowest BCUT2D eigenvalue weighted by Gasteiger charge is -2.24. The molecule has 0 aliphatic carbocycles. The molecule has 0 aliphatic heterocycles. The zero-order valence-corrected chi connectivity index (χ0v) is 8.89. The summed E-state index contributed by atoms with van der Waals surface area (Å²) in [7, 11) is 0. The number of ketones is 2. The van der Waals surface area contributed by atoms with Crippen LogP contribution in [0, 0.1) is 5.41 Å². The molecule has 2 heteroatoms. The molecule has 13 heavy (non-hydrogen) atoms. The maximum absolute atomic E-state index is 11.4. The lowest BCUT2D eigenvalue weighted by molar-refractivity contribution is -0.124. The van der Waals surface area contributed by atoms with Crippen LogP contribution < -0.4 is 0 Å². The summed E-state index contributed by atoms with van der Waals surface area (Å²) in [4.78, 5) is 22.1. The fraction of sp³-hybridized carbons (Fsp3) is 0.636. The van der Waals surface area contributed by atoms with Crippen molar-refractivity contribution < 1.29 is 9.59 Å². The van der Waals surface area contributed by atoms with Crippen molar-refractivity contribution in [3.8, 4) is 0 Å². The topological polar surface area (TPSA) is 34.1 Å². The molecule has 0 heterocycles. The van der Waals surface area contributed by atoms with E-state index in [1.165, 1.54) is 13.0 Å². The zero-order chi connectivity index (χ0) is 10.5. The summed E-state index contributed by atoms with van der Waals surface area (Å²) in [6.45, 7) is 7.01. The van der Waals surface area contributed by atoms with E-state index in [0.29, 0.717) is 0 Å². The molecule has 2 nitrogen and oxygen atoms in total. The zero-order valence-electron chi connectivity index (χ0n) is 8.89. The first kappa shape index (κ1) is 12.1. The van der Waals surface area contributed by atoms with Crippen LogP contribution in [0.25, 0.3) is 0 Å². The molecular weight excluding hydrogens is 164 g/mol. The van der Waals surface area contributed by atoms with E-state index in [-0.39, 0.29) is 11.6 Å². The second kappa shape index (κ2) is 4.95. The molecule has 0 aromatic rings. The van der Waals surface area contributed by atoms with E-state index in [0.717, 1.165) is 12.8 Å². The molecule has 0 unspecified atom stereocenters. The van der Waals surface area contributed by atoms with Gasteiger partial charge < -0.3 is 0 Å². The van der Waals surface area contributed by atoms with Crippen LogP contribution in [0.4, 0.5) is 0 Å². The van der Waals surface area contributed by atoms with Crippen molar-refractivity contribution in [2.75, 3.05) is 0 Å². The van der Waals surface area contributed by atoms with Gasteiger partial charge in [0.2, 0.25) is 0 Å². The number of Topliss-reactive ketones (excluding diaryl/α,β-unsaturated/α-hetero) is 1. The van der Waals surface area contributed by atoms with Gasteiger partial charge in [-0.3, -0.25) is 9.59 Å². The highest BCUT2D eigenvalue weighted by molar-refractivity contribution is 5.90. The number of carbonyl (C=O) groups is 2. The molecule has 0 spiro atoms. The van der Waals surface area contributed by atoms with Crippen LogP contribution >= 0.6 is 0 Å². The number of allylic oxidation sites excluding steroid dienone is 2. The van der Waals surface area contributed by atoms with Gasteiger partial charge in [-0.1, -0.05) is 19.9 Å². The third kappa shape index (κ3) is 3.13. The maximum atomic E-state index is 11.4. The summed E-state index contributed by atoms with van der Waals surface area (Å²) < 4.78 is 0. The Bertz CT molecular complexity index is 222. The Balaban J connectivity index is 4.78. The van der Waals surface area contributed by atoms with E-state index >= 15 is 0 Å². The molecule has 0 aromatic carbocycles. The Morgan fingerprint density at radius 3 is 1.85 bits per heavy atom. The molecule has 0 radical (unpaired) electrons. The summed E-state index contributed by atoms with van der Waals surface area (Å²) in [5.74, 6) is 0.127. The van der Waals surface area contributed by atoms with E-state index in [4.69, 9.17) is 0 Å². The molecule has 74 valence electrons. The van der Waals surface area contributed by atoms with Crippen molar-refractivity contribution >= 4 is 11.6 Å². The summed E-state index contributed by atoms with van der Waals surface area (Å²) in [6, 6.07) is 0. The van der Waals surface area contributed by atoms with Crippen LogP contribution in [0.1, 0.15) is 40.5 Å². The van der Waals surface area contributed by atoms with Crippen LogP contribution in [0.15, 0.2) is 12.2 Å². The van der Waals surface area contributed by atoms with Crippen LogP contribution in [0.5, 0.6) is 0 Å². The minimum atomic E-state index is -0.425. The van der Waals surface area contributed by atoms with Gasteiger partial charge in [0.05, 0.1) is 0 Å². The van der Waals surface area contributed by atoms with Crippen LogP contribution in [-0.4, -0.2) is 11.6 Å². The number of carbonyl (C=O) groups excluding carboxylic acids is 2. The highest BCUT2D eigenvalue weighted by atomic mass is 16.1. The average Bonchev–Trinajstić information content (AvgIpc) is 2.06. The molecule has 0 saturated heterocycles. The smallest absolute Gasteiger partial charge is 0.152 e. The van der Waals surface area contributed by atoms with Crippen molar-refractivity contribution in [1.29, 1.82) is 0 Å². The molecule has 0 aromatic heterocycles. The van der Waals surface area contributed by atoms with E-state index in [9.17, 15) is 9.59 Å². The Kier molecular flexibility index (Phi) is 4.60. The van der Waals surface area contributed by atoms with Gasteiger partial charge in [0.1, 0.15) is 5.78 Å². The van der Waals surface area contributed by atoms with Gasteiger partial charge in [-0.2, -0.15) is 0 Å². The largest absolute Gasteiger partial charge is 0.299 e. The SMILES string of the molecule is CCC(/C=C/C(C)=O)(CC)C(C)=O. The molecule has 0 N–H and O–H groups in total. The predicted octanol–water partition coefficient (Wildman–Crippen LogP) is 2.53. The van der Waals surface area contributed by atoms with Crippen molar-refractivity contribution in [3.63, 3.8) is 0 Å². The molecule has 0 atom stereocenters. The first-order valence-corrected chi connectivity index (χ1v) is 4.69. The second-order valence-corrected chi connectivity index (χ2v) is 3.36. The Morgan fingerprint density at radius 1 is 1.15 bits per heavy atom. The maximum Gasteiger partial charge on any atom is 0.152 e. The number of hydrogen-bond acceptors (Lipinski definition) is 2. The molecule has 0 aliphatic rings. The summed E-state index contributed by atoms with van der Waals surface area (Å²) >= 11 is 0. The highest BCUT2D eigenvalue weighted by Gasteiger charge is 2.28. The second-order valence-electron chi connectivity index (χ2n) is 3.36. The van der Waals surface area contributed by atoms with E-state index in [1.807, 2.05) is 13.8 Å². The molecule has 0 fully saturated rings. The van der Waals surface area contributed by atoms with Crippen molar-refractivity contribution in [2.24, 2.45) is 5.41 Å². The minimum Gasteiger partial charge on any atom is -0.299 e. The van der Waals surface area contributed by atoms with Gasteiger partial charge in [-0.15, -0.1) is 0 Å². The molecule has 0 saturated carbocycles. The van der Waals surface area contributed by atoms with Crippen molar-refractivity contribution in [2.45, 2.75) is 40.5 Å². The first-order valence-electron chi connectivity index (χ1n) is 4.69. The monoisotopic (exact) mass is 182 g/mol. The van der Waals surface area contributed by atoms with E-state index in [2.05, 4.69) is 0 Å². The van der Waals surface area contributed by atoms with Gasteiger partial charge >= 0.3 is 0 Å². The quantitative estimate of drug-likeness (QED) is 0.612. The molecule has 0 bridgehead atoms. The lowest BCUT2D eigenvalue weighted by Crippen LogP contribution is -2.25. The fourth-order valence-electron chi connectivity index (χ4n) is 1.38. The van der Waals surface area contributed by atoms with Gasteiger partial charge in [-0.05, 0) is 32.8 Å². The third-order valence-corrected chi connectivity index (χ3v) is 2.60. The van der Waals surface area contributed by atoms with Gasteiger partial charge in [-0.25, -0.2) is 0 Å². The summed E-state index contributed by atoms with van der Waals surface area (Å²) in [6.07, 6.45) is 4.75. The molecule has 0 amide bonds. The molecule has 0 rings (SSSR count). The van der Waals surface area contributed by atoms with Crippen molar-refractivity contribution in [3.05, 3.63) is 12.2 Å². The highest BCUT2D eigenvalue weighted by Crippen LogP contribution is 2.29. The van der Waals surface area contributed by atoms with Crippen LogP contribution in [0.2, 0.25) is 0 Å². The van der Waals surface area contributed by atoms with Crippen molar-refractivity contribution in [1.82, 2.24) is 0 Å². The van der Waals surface area contributed by atoms with Crippen LogP contribution in [-0.2, 0) is 9.59 Å². The Labute approximate surface area is 80.0 Å². The van der Waals surface area contributed by atoms with Gasteiger partial charge in [0, 0.05) is 5.41 Å². The van der Waals surface area contributed by atoms with Crippen LogP contribution in [0.3, 0.4) is 0 Å². The number of hydrogen-bond donors (Lipinski definition) is 0. The summed E-state index contributed by atoms with van der Waals surface area (Å²) in [5, 5.41) is 0. The van der Waals surface area contributed by atoms with Gasteiger partial charge in [0.15, 0.2) is 5.78 Å². The predicted molar refractivity (Wildman–Crippen MR) is 53.5 cm³/mol. The lowest BCUT2D eigenvalue weighted by atomic mass is 9.78. The van der Waals surface area contributed by atoms with E-state index in [1.54, 1.807) is 13.0 Å². The minimum absolute atomic E-state index is 0.00692. The fourth-order valence-corrected chi connectivity index (χ4v) is 1.38. The summed E-state index contributed by atoms with van der Waals surface area (Å²) in [5.41, 5.74) is -0.425. The number of rotatable bonds is 5.